The highest BCUT2D eigenvalue weighted by Gasteiger charge is 2.51. The molecule has 4 bridgehead atoms. The average molecular weight is 722 g/mol. The number of aliphatic hydroxyl groups excluding tert-OH is 1. The number of amides is 2. The largest absolute Gasteiger partial charge is 0.392 e. The van der Waals surface area contributed by atoms with Gasteiger partial charge in [-0.3, -0.25) is 0 Å². The minimum atomic E-state index is -0.532. The second-order valence-corrected chi connectivity index (χ2v) is 17.0. The van der Waals surface area contributed by atoms with Gasteiger partial charge in [0.25, 0.3) is 0 Å². The number of nitrogens with zero attached hydrogens (tertiary/aromatic N) is 1. The Labute approximate surface area is 313 Å². The molecule has 9 heteroatoms. The first-order chi connectivity index (χ1) is 25.8. The highest BCUT2D eigenvalue weighted by atomic mass is 16.7. The number of hydrogen-bond donors (Lipinski definition) is 3. The van der Waals surface area contributed by atoms with Crippen molar-refractivity contribution in [1.82, 2.24) is 15.5 Å². The van der Waals surface area contributed by atoms with E-state index in [9.17, 15) is 9.90 Å². The standard InChI is InChI=1S/C44H55N3O6/c1-29-39(27-47-16-14-44(15-17-47)50-18-19-51-44)52-41(53-40(29)35-8-6-30(28-48)7-9-35)36-12-10-34(11-13-36)38-5-3-2-4-37(38)26-45-42(49)46-43-23-31-20-32(24-43)22-33(21-31)25-43/h2-13,29,31-33,39-41,48H,14-28H2,1H3,(H2,45,46,49)/t29-,31?,32?,33?,39+,40+,41+,43?/m1/s1. The van der Waals surface area contributed by atoms with Gasteiger partial charge >= 0.3 is 6.03 Å². The zero-order chi connectivity index (χ0) is 36.0. The molecule has 3 aromatic rings. The number of likely N-dealkylation sites (tertiary alicyclic amines) is 1. The summed E-state index contributed by atoms with van der Waals surface area (Å²) in [6.07, 6.45) is 8.49. The quantitative estimate of drug-likeness (QED) is 0.214. The number of urea groups is 1. The number of carbonyl (C=O) groups excluding carboxylic acids is 1. The SMILES string of the molecule is C[C@@H]1[C@H](CN2CCC3(CC2)OCCO3)O[C@H](c2ccc(-c3ccccc3CNC(=O)NC34CC5CC(CC(C5)C3)C4)cc2)O[C@@H]1c1ccc(CO)cc1. The van der Waals surface area contributed by atoms with Crippen molar-refractivity contribution in [2.45, 2.75) is 101 Å². The third-order valence-corrected chi connectivity index (χ3v) is 13.4. The zero-order valence-corrected chi connectivity index (χ0v) is 31.0. The van der Waals surface area contributed by atoms with Crippen LogP contribution in [0.1, 0.15) is 92.9 Å². The Morgan fingerprint density at radius 1 is 0.830 bits per heavy atom. The van der Waals surface area contributed by atoms with Crippen LogP contribution in [0.25, 0.3) is 11.1 Å². The molecule has 282 valence electrons. The Hall–Kier alpha value is -3.31. The van der Waals surface area contributed by atoms with E-state index in [0.717, 1.165) is 103 Å². The van der Waals surface area contributed by atoms with Crippen molar-refractivity contribution in [3.8, 4) is 11.1 Å². The molecule has 53 heavy (non-hydrogen) atoms. The van der Waals surface area contributed by atoms with Gasteiger partial charge in [0, 0.05) is 56.0 Å². The molecule has 4 saturated carbocycles. The minimum Gasteiger partial charge on any atom is -0.392 e. The van der Waals surface area contributed by atoms with Crippen LogP contribution in [-0.2, 0) is 32.1 Å². The predicted octanol–water partition coefficient (Wildman–Crippen LogP) is 7.24. The van der Waals surface area contributed by atoms with Gasteiger partial charge in [0.2, 0.25) is 0 Å². The molecule has 3 N–H and O–H groups in total. The molecule has 4 aliphatic carbocycles. The Morgan fingerprint density at radius 2 is 1.47 bits per heavy atom. The van der Waals surface area contributed by atoms with E-state index in [2.05, 4.69) is 77.1 Å². The number of carbonyl (C=O) groups is 1. The van der Waals surface area contributed by atoms with Crippen molar-refractivity contribution < 1.29 is 28.8 Å². The molecule has 0 unspecified atom stereocenters. The van der Waals surface area contributed by atoms with Gasteiger partial charge in [-0.15, -0.1) is 0 Å². The van der Waals surface area contributed by atoms with Crippen molar-refractivity contribution in [2.24, 2.45) is 23.7 Å². The van der Waals surface area contributed by atoms with E-state index >= 15 is 0 Å². The molecule has 0 radical (unpaired) electrons. The summed E-state index contributed by atoms with van der Waals surface area (Å²) in [4.78, 5) is 15.8. The van der Waals surface area contributed by atoms with Crippen LogP contribution in [0.2, 0.25) is 0 Å². The van der Waals surface area contributed by atoms with Crippen LogP contribution in [0.4, 0.5) is 4.79 Å². The van der Waals surface area contributed by atoms with Gasteiger partial charge in [-0.2, -0.15) is 0 Å². The maximum atomic E-state index is 13.3. The normalized spacial score (nSPS) is 33.3. The summed E-state index contributed by atoms with van der Waals surface area (Å²) >= 11 is 0. The number of nitrogens with one attached hydrogen (secondary N) is 2. The number of aliphatic hydroxyl groups is 1. The summed E-state index contributed by atoms with van der Waals surface area (Å²) in [5.41, 5.74) is 6.21. The van der Waals surface area contributed by atoms with Gasteiger partial charge in [0.15, 0.2) is 12.1 Å². The molecule has 10 rings (SSSR count). The maximum Gasteiger partial charge on any atom is 0.315 e. The van der Waals surface area contributed by atoms with Crippen molar-refractivity contribution in [3.05, 3.63) is 95.1 Å². The van der Waals surface area contributed by atoms with Crippen molar-refractivity contribution in [1.29, 1.82) is 0 Å². The molecule has 7 fully saturated rings. The number of ether oxygens (including phenoxy) is 4. The van der Waals surface area contributed by atoms with Crippen molar-refractivity contribution >= 4 is 6.03 Å². The molecular weight excluding hydrogens is 666 g/mol. The van der Waals surface area contributed by atoms with Crippen LogP contribution in [0.5, 0.6) is 0 Å². The second-order valence-electron chi connectivity index (χ2n) is 17.0. The van der Waals surface area contributed by atoms with E-state index in [4.69, 9.17) is 18.9 Å². The molecule has 3 saturated heterocycles. The lowest BCUT2D eigenvalue weighted by molar-refractivity contribution is -0.278. The van der Waals surface area contributed by atoms with Crippen LogP contribution >= 0.6 is 0 Å². The Kier molecular flexibility index (Phi) is 9.84. The molecular formula is C44H55N3O6. The minimum absolute atomic E-state index is 0.00781. The summed E-state index contributed by atoms with van der Waals surface area (Å²) in [6.45, 7) is 6.67. The first-order valence-corrected chi connectivity index (χ1v) is 20.1. The molecule has 3 aromatic carbocycles. The number of hydrogen-bond acceptors (Lipinski definition) is 7. The lowest BCUT2D eigenvalue weighted by Gasteiger charge is -2.56. The molecule has 3 aliphatic heterocycles. The first kappa shape index (κ1) is 35.4. The Balaban J connectivity index is 0.885. The van der Waals surface area contributed by atoms with E-state index in [1.807, 2.05) is 18.2 Å². The summed E-state index contributed by atoms with van der Waals surface area (Å²) in [5, 5.41) is 16.3. The van der Waals surface area contributed by atoms with Crippen LogP contribution < -0.4 is 10.6 Å². The molecule has 2 amide bonds. The monoisotopic (exact) mass is 721 g/mol. The summed E-state index contributed by atoms with van der Waals surface area (Å²) in [7, 11) is 0. The second kappa shape index (κ2) is 14.7. The van der Waals surface area contributed by atoms with Crippen molar-refractivity contribution in [3.63, 3.8) is 0 Å². The maximum absolute atomic E-state index is 13.3. The van der Waals surface area contributed by atoms with E-state index in [0.29, 0.717) is 19.8 Å². The topological polar surface area (TPSA) is 102 Å². The smallest absolute Gasteiger partial charge is 0.315 e. The van der Waals surface area contributed by atoms with Gasteiger partial charge in [0.05, 0.1) is 32.0 Å². The lowest BCUT2D eigenvalue weighted by atomic mass is 9.53. The van der Waals surface area contributed by atoms with Crippen LogP contribution in [0.15, 0.2) is 72.8 Å². The molecule has 0 aromatic heterocycles. The van der Waals surface area contributed by atoms with E-state index in [1.165, 1.54) is 19.3 Å². The third-order valence-electron chi connectivity index (χ3n) is 13.4. The van der Waals surface area contributed by atoms with Crippen LogP contribution in [0.3, 0.4) is 0 Å². The molecule has 4 atom stereocenters. The van der Waals surface area contributed by atoms with Gasteiger partial charge in [-0.25, -0.2) is 4.79 Å². The van der Waals surface area contributed by atoms with Gasteiger partial charge in [-0.05, 0) is 84.1 Å². The fourth-order valence-corrected chi connectivity index (χ4v) is 10.9. The Bertz CT molecular complexity index is 1700. The fraction of sp³-hybridized carbons (Fsp3) is 0.568. The molecule has 3 heterocycles. The van der Waals surface area contributed by atoms with Gasteiger partial charge < -0.3 is 39.6 Å². The third kappa shape index (κ3) is 7.41. The predicted molar refractivity (Wildman–Crippen MR) is 201 cm³/mol. The van der Waals surface area contributed by atoms with Crippen LogP contribution in [-0.4, -0.2) is 66.3 Å². The van der Waals surface area contributed by atoms with E-state index < -0.39 is 12.1 Å². The summed E-state index contributed by atoms with van der Waals surface area (Å²) < 4.78 is 25.6. The highest BCUT2D eigenvalue weighted by molar-refractivity contribution is 5.76. The van der Waals surface area contributed by atoms with Gasteiger partial charge in [-0.1, -0.05) is 79.7 Å². The average Bonchev–Trinajstić information content (AvgIpc) is 3.63. The first-order valence-electron chi connectivity index (χ1n) is 20.1. The van der Waals surface area contributed by atoms with E-state index in [-0.39, 0.29) is 36.3 Å². The summed E-state index contributed by atoms with van der Waals surface area (Å²) in [6, 6.07) is 24.9. The molecule has 9 nitrogen and oxygen atoms in total. The van der Waals surface area contributed by atoms with E-state index in [1.54, 1.807) is 0 Å². The fourth-order valence-electron chi connectivity index (χ4n) is 10.9. The highest BCUT2D eigenvalue weighted by Crippen LogP contribution is 2.55. The van der Waals surface area contributed by atoms with Gasteiger partial charge in [0.1, 0.15) is 0 Å². The van der Waals surface area contributed by atoms with Crippen molar-refractivity contribution in [2.75, 3.05) is 32.8 Å². The summed E-state index contributed by atoms with van der Waals surface area (Å²) in [5.74, 6) is 2.07. The number of rotatable bonds is 9. The zero-order valence-electron chi connectivity index (χ0n) is 31.0. The van der Waals surface area contributed by atoms with Crippen LogP contribution in [0, 0.1) is 23.7 Å². The Morgan fingerprint density at radius 3 is 2.13 bits per heavy atom. The molecule has 1 spiro atoms. The number of benzene rings is 3. The molecule has 7 aliphatic rings. The number of piperidine rings is 1. The lowest BCUT2D eigenvalue weighted by Crippen LogP contribution is -2.61.